The first-order valence-electron chi connectivity index (χ1n) is 6.87. The highest BCUT2D eigenvalue weighted by atomic mass is 19.1. The molecule has 1 aliphatic carbocycles. The monoisotopic (exact) mass is 251 g/mol. The lowest BCUT2D eigenvalue weighted by atomic mass is 9.80. The minimum atomic E-state index is -0.286. The maximum atomic E-state index is 14.0. The second-order valence-electron chi connectivity index (χ2n) is 5.48. The van der Waals surface area contributed by atoms with Crippen LogP contribution in [0.15, 0.2) is 6.33 Å². The van der Waals surface area contributed by atoms with Crippen LogP contribution in [0.5, 0.6) is 0 Å². The molecule has 1 saturated carbocycles. The van der Waals surface area contributed by atoms with Crippen LogP contribution in [0.25, 0.3) is 0 Å². The fraction of sp³-hybridized carbons (Fsp3) is 0.714. The van der Waals surface area contributed by atoms with E-state index in [0.717, 1.165) is 12.3 Å². The van der Waals surface area contributed by atoms with Gasteiger partial charge in [0.1, 0.15) is 6.33 Å². The molecule has 1 N–H and O–H groups in total. The molecule has 3 nitrogen and oxygen atoms in total. The Labute approximate surface area is 108 Å². The van der Waals surface area contributed by atoms with Crippen molar-refractivity contribution < 1.29 is 4.39 Å². The van der Waals surface area contributed by atoms with E-state index in [1.807, 2.05) is 6.92 Å². The maximum absolute atomic E-state index is 14.0. The van der Waals surface area contributed by atoms with Crippen molar-refractivity contribution in [3.8, 4) is 0 Å². The number of aryl methyl sites for hydroxylation is 1. The number of nitrogens with one attached hydrogen (secondary N) is 1. The van der Waals surface area contributed by atoms with E-state index in [-0.39, 0.29) is 5.82 Å². The van der Waals surface area contributed by atoms with Crippen molar-refractivity contribution in [2.75, 3.05) is 5.32 Å². The van der Waals surface area contributed by atoms with Crippen molar-refractivity contribution in [3.63, 3.8) is 0 Å². The smallest absolute Gasteiger partial charge is 0.186 e. The Bertz CT molecular complexity index is 408. The van der Waals surface area contributed by atoms with Gasteiger partial charge in [0.2, 0.25) is 0 Å². The molecule has 3 unspecified atom stereocenters. The van der Waals surface area contributed by atoms with Gasteiger partial charge in [-0.3, -0.25) is 0 Å². The summed E-state index contributed by atoms with van der Waals surface area (Å²) in [6, 6.07) is 0.329. The van der Waals surface area contributed by atoms with Gasteiger partial charge in [0, 0.05) is 6.04 Å². The lowest BCUT2D eigenvalue weighted by molar-refractivity contribution is 0.275. The van der Waals surface area contributed by atoms with E-state index < -0.39 is 0 Å². The van der Waals surface area contributed by atoms with Gasteiger partial charge in [-0.15, -0.1) is 0 Å². The molecule has 0 spiro atoms. The molecule has 100 valence electrons. The molecule has 1 heterocycles. The van der Waals surface area contributed by atoms with Crippen LogP contribution in [-0.2, 0) is 6.42 Å². The number of halogens is 1. The first-order chi connectivity index (χ1) is 8.61. The second-order valence-corrected chi connectivity index (χ2v) is 5.48. The average molecular weight is 251 g/mol. The third-order valence-corrected chi connectivity index (χ3v) is 3.95. The van der Waals surface area contributed by atoms with Crippen LogP contribution in [0.2, 0.25) is 0 Å². The van der Waals surface area contributed by atoms with Crippen LogP contribution >= 0.6 is 0 Å². The predicted octanol–water partition coefficient (Wildman–Crippen LogP) is 3.41. The standard InChI is InChI=1S/C14H22FN3/c1-4-11-13(15)14(17-8-16-11)18-12-6-5-9(2)7-10(12)3/h8-10,12H,4-7H2,1-3H3,(H,16,17,18). The second kappa shape index (κ2) is 5.63. The zero-order valence-corrected chi connectivity index (χ0v) is 11.4. The van der Waals surface area contributed by atoms with Gasteiger partial charge in [0.05, 0.1) is 5.69 Å². The number of hydrogen-bond acceptors (Lipinski definition) is 3. The molecule has 1 aromatic rings. The van der Waals surface area contributed by atoms with Gasteiger partial charge in [0.25, 0.3) is 0 Å². The molecule has 1 fully saturated rings. The fourth-order valence-electron chi connectivity index (χ4n) is 2.81. The molecular weight excluding hydrogens is 229 g/mol. The lowest BCUT2D eigenvalue weighted by Gasteiger charge is -2.33. The van der Waals surface area contributed by atoms with Crippen molar-refractivity contribution in [2.24, 2.45) is 11.8 Å². The van der Waals surface area contributed by atoms with E-state index in [2.05, 4.69) is 29.1 Å². The minimum absolute atomic E-state index is 0.286. The summed E-state index contributed by atoms with van der Waals surface area (Å²) in [4.78, 5) is 7.99. The van der Waals surface area contributed by atoms with Crippen LogP contribution in [0.4, 0.5) is 10.2 Å². The van der Waals surface area contributed by atoms with Gasteiger partial charge in [-0.05, 0) is 37.5 Å². The van der Waals surface area contributed by atoms with Gasteiger partial charge >= 0.3 is 0 Å². The molecule has 2 rings (SSSR count). The van der Waals surface area contributed by atoms with Crippen molar-refractivity contribution in [3.05, 3.63) is 17.8 Å². The van der Waals surface area contributed by atoms with Crippen LogP contribution in [-0.4, -0.2) is 16.0 Å². The van der Waals surface area contributed by atoms with Gasteiger partial charge in [0.15, 0.2) is 11.6 Å². The Hall–Kier alpha value is -1.19. The Morgan fingerprint density at radius 3 is 2.78 bits per heavy atom. The molecule has 0 amide bonds. The van der Waals surface area contributed by atoms with Gasteiger partial charge in [-0.25, -0.2) is 14.4 Å². The van der Waals surface area contributed by atoms with Crippen LogP contribution in [0, 0.1) is 17.7 Å². The topological polar surface area (TPSA) is 37.8 Å². The molecule has 0 radical (unpaired) electrons. The summed E-state index contributed by atoms with van der Waals surface area (Å²) in [5.41, 5.74) is 0.490. The number of hydrogen-bond donors (Lipinski definition) is 1. The van der Waals surface area contributed by atoms with Crippen molar-refractivity contribution in [1.29, 1.82) is 0 Å². The molecule has 18 heavy (non-hydrogen) atoms. The summed E-state index contributed by atoms with van der Waals surface area (Å²) in [7, 11) is 0. The lowest BCUT2D eigenvalue weighted by Crippen LogP contribution is -2.33. The average Bonchev–Trinajstić information content (AvgIpc) is 2.35. The van der Waals surface area contributed by atoms with Crippen LogP contribution < -0.4 is 5.32 Å². The molecule has 0 bridgehead atoms. The van der Waals surface area contributed by atoms with E-state index in [4.69, 9.17) is 0 Å². The third-order valence-electron chi connectivity index (χ3n) is 3.95. The molecule has 0 aliphatic heterocycles. The summed E-state index contributed by atoms with van der Waals surface area (Å²) in [5.74, 6) is 1.42. The molecule has 1 aromatic heterocycles. The number of anilines is 1. The van der Waals surface area contributed by atoms with E-state index >= 15 is 0 Å². The van der Waals surface area contributed by atoms with E-state index in [1.54, 1.807) is 0 Å². The first-order valence-corrected chi connectivity index (χ1v) is 6.87. The van der Waals surface area contributed by atoms with Crippen molar-refractivity contribution >= 4 is 5.82 Å². The number of nitrogens with zero attached hydrogens (tertiary/aromatic N) is 2. The highest BCUT2D eigenvalue weighted by molar-refractivity contribution is 5.38. The minimum Gasteiger partial charge on any atom is -0.365 e. The van der Waals surface area contributed by atoms with E-state index in [1.165, 1.54) is 19.2 Å². The van der Waals surface area contributed by atoms with E-state index in [9.17, 15) is 4.39 Å². The Kier molecular flexibility index (Phi) is 4.15. The molecule has 0 saturated heterocycles. The summed E-state index contributed by atoms with van der Waals surface area (Å²) >= 11 is 0. The van der Waals surface area contributed by atoms with Gasteiger partial charge in [-0.2, -0.15) is 0 Å². The Morgan fingerprint density at radius 2 is 2.11 bits per heavy atom. The maximum Gasteiger partial charge on any atom is 0.186 e. The summed E-state index contributed by atoms with van der Waals surface area (Å²) in [6.45, 7) is 6.42. The molecule has 0 aromatic carbocycles. The zero-order valence-electron chi connectivity index (χ0n) is 11.4. The Balaban J connectivity index is 2.09. The largest absolute Gasteiger partial charge is 0.365 e. The SMILES string of the molecule is CCc1ncnc(NC2CCC(C)CC2C)c1F. The van der Waals surface area contributed by atoms with Crippen molar-refractivity contribution in [2.45, 2.75) is 52.5 Å². The van der Waals surface area contributed by atoms with Gasteiger partial charge < -0.3 is 5.32 Å². The van der Waals surface area contributed by atoms with Crippen LogP contribution in [0.1, 0.15) is 45.7 Å². The normalized spacial score (nSPS) is 28.1. The highest BCUT2D eigenvalue weighted by Gasteiger charge is 2.26. The predicted molar refractivity (Wildman–Crippen MR) is 71.0 cm³/mol. The quantitative estimate of drug-likeness (QED) is 0.894. The van der Waals surface area contributed by atoms with E-state index in [0.29, 0.717) is 29.9 Å². The van der Waals surface area contributed by atoms with Gasteiger partial charge in [-0.1, -0.05) is 20.8 Å². The number of rotatable bonds is 3. The molecule has 4 heteroatoms. The summed E-state index contributed by atoms with van der Waals surface area (Å²) < 4.78 is 14.0. The number of aromatic nitrogens is 2. The van der Waals surface area contributed by atoms with Crippen molar-refractivity contribution in [1.82, 2.24) is 9.97 Å². The Morgan fingerprint density at radius 1 is 1.33 bits per heavy atom. The first kappa shape index (κ1) is 13.2. The summed E-state index contributed by atoms with van der Waals surface area (Å²) in [6.07, 6.45) is 5.54. The third kappa shape index (κ3) is 2.79. The zero-order chi connectivity index (χ0) is 13.1. The fourth-order valence-corrected chi connectivity index (χ4v) is 2.81. The highest BCUT2D eigenvalue weighted by Crippen LogP contribution is 2.30. The van der Waals surface area contributed by atoms with Crippen LogP contribution in [0.3, 0.4) is 0 Å². The molecular formula is C14H22FN3. The molecule has 1 aliphatic rings. The summed E-state index contributed by atoms with van der Waals surface area (Å²) in [5, 5.41) is 3.27. The molecule has 3 atom stereocenters.